The molecule has 2 aliphatic rings. The Morgan fingerprint density at radius 3 is 2.36 bits per heavy atom. The minimum Gasteiger partial charge on any atom is -0.491 e. The van der Waals surface area contributed by atoms with Gasteiger partial charge < -0.3 is 4.74 Å². The monoisotopic (exact) mass is 518 g/mol. The van der Waals surface area contributed by atoms with Crippen LogP contribution in [0.1, 0.15) is 69.8 Å². The lowest BCUT2D eigenvalue weighted by molar-refractivity contribution is 0.314. The predicted octanol–water partition coefficient (Wildman–Crippen LogP) is 9.37. The Labute approximate surface area is 216 Å². The van der Waals surface area contributed by atoms with Gasteiger partial charge in [-0.05, 0) is 87.8 Å². The number of ether oxygens (including phenoxy) is 1. The molecule has 0 bridgehead atoms. The third-order valence-electron chi connectivity index (χ3n) is 7.45. The average molecular weight is 519 g/mol. The molecule has 1 fully saturated rings. The zero-order valence-corrected chi connectivity index (χ0v) is 21.6. The van der Waals surface area contributed by atoms with Gasteiger partial charge in [-0.2, -0.15) is 16.2 Å². The topological polar surface area (TPSA) is 9.23 Å². The van der Waals surface area contributed by atoms with E-state index in [0.717, 1.165) is 38.0 Å². The highest BCUT2D eigenvalue weighted by Crippen LogP contribution is 2.43. The highest BCUT2D eigenvalue weighted by atomic mass is 32.2. The molecule has 0 radical (unpaired) electrons. The van der Waals surface area contributed by atoms with Crippen molar-refractivity contribution in [3.63, 3.8) is 0 Å². The van der Waals surface area contributed by atoms with Gasteiger partial charge in [0.05, 0.1) is 6.61 Å². The molecular formula is C30H34F4OS. The van der Waals surface area contributed by atoms with Gasteiger partial charge in [0, 0.05) is 22.1 Å². The van der Waals surface area contributed by atoms with Crippen molar-refractivity contribution in [2.24, 2.45) is 5.92 Å². The maximum atomic E-state index is 15.1. The van der Waals surface area contributed by atoms with Crippen LogP contribution >= 0.6 is 11.8 Å². The van der Waals surface area contributed by atoms with Crippen LogP contribution in [0.4, 0.5) is 17.6 Å². The molecule has 0 N–H and O–H groups in total. The molecule has 1 saturated heterocycles. The number of hydrogen-bond donors (Lipinski definition) is 0. The van der Waals surface area contributed by atoms with E-state index in [1.165, 1.54) is 49.1 Å². The number of halogens is 4. The van der Waals surface area contributed by atoms with Crippen LogP contribution in [-0.4, -0.2) is 17.6 Å². The summed E-state index contributed by atoms with van der Waals surface area (Å²) >= 11 is 1.83. The highest BCUT2D eigenvalue weighted by Gasteiger charge is 2.30. The molecule has 2 aromatic carbocycles. The molecule has 1 heterocycles. The Kier molecular flexibility index (Phi) is 9.21. The third kappa shape index (κ3) is 5.85. The summed E-state index contributed by atoms with van der Waals surface area (Å²) < 4.78 is 64.1. The molecule has 1 aliphatic heterocycles. The maximum absolute atomic E-state index is 15.1. The highest BCUT2D eigenvalue weighted by molar-refractivity contribution is 8.00. The lowest BCUT2D eigenvalue weighted by Crippen LogP contribution is -2.21. The second-order valence-electron chi connectivity index (χ2n) is 9.74. The average Bonchev–Trinajstić information content (AvgIpc) is 2.90. The van der Waals surface area contributed by atoms with Crippen LogP contribution in [0.2, 0.25) is 0 Å². The molecule has 2 unspecified atom stereocenters. The fourth-order valence-electron chi connectivity index (χ4n) is 5.40. The molecule has 1 nitrogen and oxygen atoms in total. The van der Waals surface area contributed by atoms with Gasteiger partial charge in [0.1, 0.15) is 0 Å². The van der Waals surface area contributed by atoms with E-state index in [1.807, 2.05) is 17.8 Å². The number of unbranched alkanes of at least 4 members (excludes halogenated alkanes) is 1. The van der Waals surface area contributed by atoms with Gasteiger partial charge in [-0.3, -0.25) is 0 Å². The minimum absolute atomic E-state index is 0.104. The van der Waals surface area contributed by atoms with E-state index >= 15 is 8.78 Å². The van der Waals surface area contributed by atoms with Crippen LogP contribution in [0, 0.1) is 29.2 Å². The molecule has 36 heavy (non-hydrogen) atoms. The first-order chi connectivity index (χ1) is 17.4. The normalized spacial score (nSPS) is 22.2. The molecule has 0 amide bonds. The van der Waals surface area contributed by atoms with Crippen molar-refractivity contribution in [3.05, 3.63) is 77.4 Å². The van der Waals surface area contributed by atoms with E-state index in [1.54, 1.807) is 6.92 Å². The Morgan fingerprint density at radius 1 is 0.972 bits per heavy atom. The van der Waals surface area contributed by atoms with E-state index in [4.69, 9.17) is 4.74 Å². The van der Waals surface area contributed by atoms with Crippen LogP contribution in [0.5, 0.6) is 5.75 Å². The summed E-state index contributed by atoms with van der Waals surface area (Å²) in [5, 5.41) is 0.448. The van der Waals surface area contributed by atoms with Crippen molar-refractivity contribution in [2.75, 3.05) is 12.4 Å². The number of rotatable bonds is 9. The zero-order chi connectivity index (χ0) is 25.7. The molecule has 0 saturated carbocycles. The second-order valence-corrected chi connectivity index (χ2v) is 11.0. The Balaban J connectivity index is 1.42. The fraction of sp³-hybridized carbons (Fsp3) is 0.467. The molecule has 4 rings (SSSR count). The molecule has 6 heteroatoms. The van der Waals surface area contributed by atoms with Gasteiger partial charge in [-0.15, -0.1) is 6.58 Å². The summed E-state index contributed by atoms with van der Waals surface area (Å²) in [6.45, 7) is 5.62. The molecular weight excluding hydrogens is 484 g/mol. The van der Waals surface area contributed by atoms with Crippen LogP contribution < -0.4 is 4.74 Å². The van der Waals surface area contributed by atoms with Gasteiger partial charge in [0.25, 0.3) is 0 Å². The van der Waals surface area contributed by atoms with Crippen molar-refractivity contribution in [1.29, 1.82) is 0 Å². The quantitative estimate of drug-likeness (QED) is 0.186. The van der Waals surface area contributed by atoms with Gasteiger partial charge in [-0.1, -0.05) is 29.9 Å². The SMILES string of the molecule is C=CCCCC1CC=C(C2CC[C@@H](c3ccc(-c4ccc(OCC)c(F)c4F)c(F)c3F)CS2)CC1. The summed E-state index contributed by atoms with van der Waals surface area (Å²) in [6.07, 6.45) is 13.1. The summed E-state index contributed by atoms with van der Waals surface area (Å²) in [5.41, 5.74) is 1.22. The first-order valence-electron chi connectivity index (χ1n) is 12.9. The first kappa shape index (κ1) is 26.8. The van der Waals surface area contributed by atoms with Crippen molar-refractivity contribution < 1.29 is 22.3 Å². The summed E-state index contributed by atoms with van der Waals surface area (Å²) in [7, 11) is 0. The van der Waals surface area contributed by atoms with Crippen LogP contribution in [0.25, 0.3) is 11.1 Å². The molecule has 0 aromatic heterocycles. The van der Waals surface area contributed by atoms with Gasteiger partial charge >= 0.3 is 0 Å². The standard InChI is InChI=1S/C30H34F4OS/c1-3-5-6-7-19-8-10-20(11-9-19)26-17-12-21(18-36-26)22-13-14-23(28(32)27(22)31)24-15-16-25(35-4-2)30(34)29(24)33/h3,10,13-16,19,21,26H,1,4-9,11-12,17-18H2,2H3/t19?,21-,26?/m1/s1. The van der Waals surface area contributed by atoms with Gasteiger partial charge in [-0.25, -0.2) is 13.2 Å². The number of thioether (sulfide) groups is 1. The van der Waals surface area contributed by atoms with E-state index in [2.05, 4.69) is 12.7 Å². The van der Waals surface area contributed by atoms with Crippen LogP contribution in [-0.2, 0) is 0 Å². The van der Waals surface area contributed by atoms with Gasteiger partial charge in [0.15, 0.2) is 23.2 Å². The van der Waals surface area contributed by atoms with Crippen molar-refractivity contribution in [3.8, 4) is 16.9 Å². The van der Waals surface area contributed by atoms with E-state index < -0.39 is 23.3 Å². The molecule has 0 spiro atoms. The second kappa shape index (κ2) is 12.4. The van der Waals surface area contributed by atoms with Crippen LogP contribution in [0.15, 0.2) is 48.6 Å². The first-order valence-corrected chi connectivity index (χ1v) is 14.0. The largest absolute Gasteiger partial charge is 0.491 e. The van der Waals surface area contributed by atoms with E-state index in [-0.39, 0.29) is 29.4 Å². The van der Waals surface area contributed by atoms with Gasteiger partial charge in [0.2, 0.25) is 5.82 Å². The number of hydrogen-bond acceptors (Lipinski definition) is 2. The summed E-state index contributed by atoms with van der Waals surface area (Å²) in [6, 6.07) is 5.35. The molecule has 2 aromatic rings. The van der Waals surface area contributed by atoms with Crippen molar-refractivity contribution in [1.82, 2.24) is 0 Å². The smallest absolute Gasteiger partial charge is 0.201 e. The Bertz CT molecular complexity index is 1100. The third-order valence-corrected chi connectivity index (χ3v) is 8.99. The summed E-state index contributed by atoms with van der Waals surface area (Å²) in [5.74, 6) is -3.43. The van der Waals surface area contributed by atoms with Crippen LogP contribution in [0.3, 0.4) is 0 Å². The number of benzene rings is 2. The molecule has 1 aliphatic carbocycles. The zero-order valence-electron chi connectivity index (χ0n) is 20.8. The summed E-state index contributed by atoms with van der Waals surface area (Å²) in [4.78, 5) is 0. The maximum Gasteiger partial charge on any atom is 0.201 e. The Morgan fingerprint density at radius 2 is 1.72 bits per heavy atom. The van der Waals surface area contributed by atoms with E-state index in [0.29, 0.717) is 16.6 Å². The minimum atomic E-state index is -1.24. The van der Waals surface area contributed by atoms with E-state index in [9.17, 15) is 8.78 Å². The number of allylic oxidation sites excluding steroid dienone is 2. The fourth-order valence-corrected chi connectivity index (χ4v) is 6.94. The molecule has 194 valence electrons. The lowest BCUT2D eigenvalue weighted by atomic mass is 9.83. The Hall–Kier alpha value is -2.21. The van der Waals surface area contributed by atoms with Crippen molar-refractivity contribution >= 4 is 11.8 Å². The van der Waals surface area contributed by atoms with Crippen molar-refractivity contribution in [2.45, 2.75) is 69.5 Å². The lowest BCUT2D eigenvalue weighted by Gasteiger charge is -2.33. The predicted molar refractivity (Wildman–Crippen MR) is 141 cm³/mol. The molecule has 3 atom stereocenters.